The molecule has 21 heavy (non-hydrogen) atoms. The second-order valence-corrected chi connectivity index (χ2v) is 6.23. The fourth-order valence-corrected chi connectivity index (χ4v) is 3.63. The van der Waals surface area contributed by atoms with Crippen LogP contribution in [0.25, 0.3) is 0 Å². The van der Waals surface area contributed by atoms with Crippen LogP contribution in [0, 0.1) is 5.92 Å². The molecule has 6 nitrogen and oxygen atoms in total. The number of carboxylic acids is 1. The van der Waals surface area contributed by atoms with E-state index in [1.54, 1.807) is 0 Å². The average Bonchev–Trinajstić information content (AvgIpc) is 2.47. The van der Waals surface area contributed by atoms with E-state index in [-0.39, 0.29) is 6.03 Å². The fraction of sp³-hybridized carbons (Fsp3) is 0.867. The lowest BCUT2D eigenvalue weighted by Gasteiger charge is -2.45. The summed E-state index contributed by atoms with van der Waals surface area (Å²) in [6.45, 7) is 4.09. The average molecular weight is 296 g/mol. The lowest BCUT2D eigenvalue weighted by molar-refractivity contribution is -0.302. The van der Waals surface area contributed by atoms with Crippen LogP contribution >= 0.6 is 0 Å². The molecule has 0 bridgehead atoms. The summed E-state index contributed by atoms with van der Waals surface area (Å²) in [5, 5.41) is 15.5. The number of carbonyl (C=O) groups is 2. The molecule has 120 valence electrons. The third-order valence-electron chi connectivity index (χ3n) is 4.66. The standard InChI is InChI=1S/C13H23N3O.C2H4O2/c17-13-15-12-4-2-1-3-10(12)9-16(13)11-5-7-14-8-6-11;1-2(3)4/h10-12,14H,1-9H2,(H,15,17);1H3,(H,3,4)/p-1. The Morgan fingerprint density at radius 1 is 1.19 bits per heavy atom. The number of rotatable bonds is 1. The molecule has 1 aliphatic carbocycles. The van der Waals surface area contributed by atoms with Gasteiger partial charge >= 0.3 is 6.03 Å². The van der Waals surface area contributed by atoms with Crippen molar-refractivity contribution in [2.45, 2.75) is 57.5 Å². The van der Waals surface area contributed by atoms with Gasteiger partial charge in [0, 0.05) is 24.6 Å². The summed E-state index contributed by atoms with van der Waals surface area (Å²) in [5.41, 5.74) is 0. The maximum Gasteiger partial charge on any atom is 0.317 e. The van der Waals surface area contributed by atoms with Gasteiger partial charge in [-0.1, -0.05) is 12.8 Å². The monoisotopic (exact) mass is 296 g/mol. The minimum Gasteiger partial charge on any atom is -0.550 e. The molecule has 2 aliphatic heterocycles. The lowest BCUT2D eigenvalue weighted by Crippen LogP contribution is -2.61. The van der Waals surface area contributed by atoms with Gasteiger partial charge in [0.1, 0.15) is 0 Å². The number of piperidine rings is 1. The van der Waals surface area contributed by atoms with Crippen LogP contribution in [0.4, 0.5) is 4.79 Å². The van der Waals surface area contributed by atoms with E-state index in [0.717, 1.165) is 39.4 Å². The molecule has 0 spiro atoms. The normalized spacial score (nSPS) is 29.8. The zero-order valence-electron chi connectivity index (χ0n) is 12.8. The summed E-state index contributed by atoms with van der Waals surface area (Å²) >= 11 is 0. The predicted molar refractivity (Wildman–Crippen MR) is 77.6 cm³/mol. The molecule has 2 saturated heterocycles. The zero-order chi connectivity index (χ0) is 15.2. The minimum absolute atomic E-state index is 0.194. The first kappa shape index (κ1) is 16.1. The number of aliphatic carboxylic acids is 1. The number of amides is 2. The number of carbonyl (C=O) groups excluding carboxylic acids is 2. The lowest BCUT2D eigenvalue weighted by atomic mass is 9.82. The van der Waals surface area contributed by atoms with Crippen LogP contribution in [0.2, 0.25) is 0 Å². The Balaban J connectivity index is 0.000000361. The Hall–Kier alpha value is -1.30. The highest BCUT2D eigenvalue weighted by Crippen LogP contribution is 2.30. The number of nitrogens with one attached hydrogen (secondary N) is 2. The SMILES string of the molecule is CC(=O)[O-].O=C1NC2CCCCC2CN1C1CCNCC1. The van der Waals surface area contributed by atoms with E-state index in [1.807, 2.05) is 0 Å². The summed E-state index contributed by atoms with van der Waals surface area (Å²) in [5.74, 6) is -0.378. The number of carboxylic acid groups (broad SMARTS) is 1. The first-order valence-electron chi connectivity index (χ1n) is 8.03. The van der Waals surface area contributed by atoms with Gasteiger partial charge in [0.15, 0.2) is 0 Å². The van der Waals surface area contributed by atoms with Crippen molar-refractivity contribution in [2.75, 3.05) is 19.6 Å². The van der Waals surface area contributed by atoms with E-state index in [0.29, 0.717) is 18.0 Å². The van der Waals surface area contributed by atoms with Crippen molar-refractivity contribution in [3.05, 3.63) is 0 Å². The molecule has 2 N–H and O–H groups in total. The molecule has 2 unspecified atom stereocenters. The fourth-order valence-electron chi connectivity index (χ4n) is 3.63. The van der Waals surface area contributed by atoms with Crippen molar-refractivity contribution in [2.24, 2.45) is 5.92 Å². The largest absolute Gasteiger partial charge is 0.550 e. The number of fused-ring (bicyclic) bond motifs is 1. The van der Waals surface area contributed by atoms with Crippen molar-refractivity contribution >= 4 is 12.0 Å². The number of urea groups is 1. The van der Waals surface area contributed by atoms with Gasteiger partial charge < -0.3 is 25.4 Å². The maximum absolute atomic E-state index is 12.1. The molecule has 0 aromatic carbocycles. The van der Waals surface area contributed by atoms with E-state index in [4.69, 9.17) is 9.90 Å². The highest BCUT2D eigenvalue weighted by atomic mass is 16.4. The Morgan fingerprint density at radius 2 is 1.81 bits per heavy atom. The van der Waals surface area contributed by atoms with Gasteiger partial charge in [0.25, 0.3) is 0 Å². The van der Waals surface area contributed by atoms with Crippen molar-refractivity contribution in [3.8, 4) is 0 Å². The van der Waals surface area contributed by atoms with Crippen LogP contribution in [0.3, 0.4) is 0 Å². The Bertz CT molecular complexity index is 365. The van der Waals surface area contributed by atoms with Crippen molar-refractivity contribution in [3.63, 3.8) is 0 Å². The minimum atomic E-state index is -1.08. The first-order chi connectivity index (χ1) is 10.1. The molecule has 0 aromatic heterocycles. The van der Waals surface area contributed by atoms with Crippen LogP contribution in [0.1, 0.15) is 45.4 Å². The second-order valence-electron chi connectivity index (χ2n) is 6.23. The highest BCUT2D eigenvalue weighted by Gasteiger charge is 2.37. The summed E-state index contributed by atoms with van der Waals surface area (Å²) in [4.78, 5) is 23.2. The van der Waals surface area contributed by atoms with Crippen LogP contribution in [0.5, 0.6) is 0 Å². The second kappa shape index (κ2) is 7.64. The quantitative estimate of drug-likeness (QED) is 0.717. The number of nitrogens with zero attached hydrogens (tertiary/aromatic N) is 1. The van der Waals surface area contributed by atoms with Crippen molar-refractivity contribution in [1.29, 1.82) is 0 Å². The topological polar surface area (TPSA) is 84.5 Å². The first-order valence-corrected chi connectivity index (χ1v) is 8.03. The molecule has 2 amide bonds. The number of hydrogen-bond acceptors (Lipinski definition) is 4. The molecule has 2 atom stereocenters. The predicted octanol–water partition coefficient (Wildman–Crippen LogP) is 0.0786. The molecule has 1 saturated carbocycles. The Morgan fingerprint density at radius 3 is 2.48 bits per heavy atom. The molecule has 3 aliphatic rings. The van der Waals surface area contributed by atoms with Gasteiger partial charge in [0.05, 0.1) is 0 Å². The van der Waals surface area contributed by atoms with Gasteiger partial charge in [0.2, 0.25) is 0 Å². The van der Waals surface area contributed by atoms with E-state index in [2.05, 4.69) is 15.5 Å². The van der Waals surface area contributed by atoms with Crippen LogP contribution in [-0.2, 0) is 4.79 Å². The molecular weight excluding hydrogens is 270 g/mol. The third kappa shape index (κ3) is 4.59. The summed E-state index contributed by atoms with van der Waals surface area (Å²) < 4.78 is 0. The highest BCUT2D eigenvalue weighted by molar-refractivity contribution is 5.76. The van der Waals surface area contributed by atoms with Gasteiger partial charge in [-0.15, -0.1) is 0 Å². The molecule has 0 aromatic rings. The molecule has 3 fully saturated rings. The van der Waals surface area contributed by atoms with Gasteiger partial charge in [-0.2, -0.15) is 0 Å². The molecular formula is C15H26N3O3-. The Kier molecular flexibility index (Phi) is 5.85. The maximum atomic E-state index is 12.1. The van der Waals surface area contributed by atoms with E-state index in [1.165, 1.54) is 25.7 Å². The zero-order valence-corrected chi connectivity index (χ0v) is 12.8. The van der Waals surface area contributed by atoms with Crippen LogP contribution in [-0.4, -0.2) is 48.6 Å². The summed E-state index contributed by atoms with van der Waals surface area (Å²) in [6.07, 6.45) is 7.35. The van der Waals surface area contributed by atoms with Crippen molar-refractivity contribution in [1.82, 2.24) is 15.5 Å². The molecule has 2 heterocycles. The third-order valence-corrected chi connectivity index (χ3v) is 4.66. The van der Waals surface area contributed by atoms with Crippen molar-refractivity contribution < 1.29 is 14.7 Å². The Labute approximate surface area is 126 Å². The number of hydrogen-bond donors (Lipinski definition) is 2. The summed E-state index contributed by atoms with van der Waals surface area (Å²) in [7, 11) is 0. The molecule has 3 rings (SSSR count). The smallest absolute Gasteiger partial charge is 0.317 e. The van der Waals surface area contributed by atoms with E-state index in [9.17, 15) is 4.79 Å². The van der Waals surface area contributed by atoms with E-state index >= 15 is 0 Å². The van der Waals surface area contributed by atoms with Crippen LogP contribution < -0.4 is 15.7 Å². The molecule has 0 radical (unpaired) electrons. The van der Waals surface area contributed by atoms with Gasteiger partial charge in [-0.05, 0) is 51.6 Å². The van der Waals surface area contributed by atoms with Crippen LogP contribution in [0.15, 0.2) is 0 Å². The van der Waals surface area contributed by atoms with Gasteiger partial charge in [-0.25, -0.2) is 4.79 Å². The van der Waals surface area contributed by atoms with E-state index < -0.39 is 5.97 Å². The molecule has 6 heteroatoms. The summed E-state index contributed by atoms with van der Waals surface area (Å²) in [6, 6.07) is 1.13. The van der Waals surface area contributed by atoms with Gasteiger partial charge in [-0.3, -0.25) is 0 Å².